The number of nitrogens with zero attached hydrogens (tertiary/aromatic N) is 3. The van der Waals surface area contributed by atoms with Crippen molar-refractivity contribution >= 4 is 33.1 Å². The number of aromatic nitrogens is 3. The van der Waals surface area contributed by atoms with Crippen LogP contribution in [0.4, 0.5) is 0 Å². The van der Waals surface area contributed by atoms with Crippen LogP contribution in [0.5, 0.6) is 0 Å². The maximum absolute atomic E-state index is 12.1. The molecule has 1 fully saturated rings. The predicted molar refractivity (Wildman–Crippen MR) is 96.5 cm³/mol. The summed E-state index contributed by atoms with van der Waals surface area (Å²) in [5.41, 5.74) is 0.801. The van der Waals surface area contributed by atoms with E-state index < -0.39 is 0 Å². The third-order valence-electron chi connectivity index (χ3n) is 4.01. The first-order chi connectivity index (χ1) is 11.2. The molecule has 0 aliphatic carbocycles. The van der Waals surface area contributed by atoms with Crippen molar-refractivity contribution in [2.75, 3.05) is 5.75 Å². The fourth-order valence-corrected chi connectivity index (χ4v) is 5.78. The molecule has 0 bridgehead atoms. The molecular formula is C16H22N4OS2. The second-order valence-electron chi connectivity index (χ2n) is 5.85. The first-order valence-electron chi connectivity index (χ1n) is 8.11. The van der Waals surface area contributed by atoms with Crippen LogP contribution in [0.2, 0.25) is 0 Å². The Hall–Kier alpha value is -1.21. The van der Waals surface area contributed by atoms with Gasteiger partial charge in [-0.25, -0.2) is 0 Å². The largest absolute Gasteiger partial charge is 0.346 e. The highest BCUT2D eigenvalue weighted by Crippen LogP contribution is 2.39. The van der Waals surface area contributed by atoms with Gasteiger partial charge in [0, 0.05) is 23.6 Å². The number of fused-ring (bicyclic) bond motifs is 1. The highest BCUT2D eigenvalue weighted by Gasteiger charge is 2.17. The van der Waals surface area contributed by atoms with Gasteiger partial charge in [0.05, 0.1) is 6.04 Å². The van der Waals surface area contributed by atoms with Crippen molar-refractivity contribution in [3.8, 4) is 0 Å². The van der Waals surface area contributed by atoms with E-state index in [4.69, 9.17) is 0 Å². The molecule has 0 radical (unpaired) electrons. The minimum atomic E-state index is -0.137. The first kappa shape index (κ1) is 16.6. The maximum Gasteiger partial charge on any atom is 0.220 e. The number of amides is 1. The Bertz CT molecular complexity index is 654. The fourth-order valence-electron chi connectivity index (χ4n) is 2.76. The zero-order valence-corrected chi connectivity index (χ0v) is 14.9. The van der Waals surface area contributed by atoms with E-state index >= 15 is 0 Å². The Morgan fingerprint density at radius 3 is 3.17 bits per heavy atom. The summed E-state index contributed by atoms with van der Waals surface area (Å²) in [6.45, 7) is 1.95. The van der Waals surface area contributed by atoms with Gasteiger partial charge in [-0.2, -0.15) is 0 Å². The van der Waals surface area contributed by atoms with Crippen molar-refractivity contribution in [1.29, 1.82) is 0 Å². The van der Waals surface area contributed by atoms with Gasteiger partial charge in [0.25, 0.3) is 0 Å². The summed E-state index contributed by atoms with van der Waals surface area (Å²) in [6.07, 6.45) is 7.15. The zero-order valence-electron chi connectivity index (χ0n) is 13.3. The number of hydrogen-bond acceptors (Lipinski definition) is 5. The van der Waals surface area contributed by atoms with E-state index in [0.29, 0.717) is 6.42 Å². The summed E-state index contributed by atoms with van der Waals surface area (Å²) in [5, 5.41) is 12.1. The van der Waals surface area contributed by atoms with Crippen LogP contribution in [0, 0.1) is 0 Å². The molecule has 1 aliphatic rings. The molecule has 1 saturated heterocycles. The standard InChI is InChI=1S/C16H22N4OS2/c1-12(16-19-18-14-7-4-5-10-20(14)16)17-15(21)8-3-2-6-13-9-11-22-23-13/h4-5,7,10,12-13H,2-3,6,8-9,11H2,1H3,(H,17,21). The van der Waals surface area contributed by atoms with Gasteiger partial charge in [0.2, 0.25) is 5.91 Å². The smallest absolute Gasteiger partial charge is 0.220 e. The van der Waals surface area contributed by atoms with Crippen molar-refractivity contribution in [1.82, 2.24) is 19.9 Å². The summed E-state index contributed by atoms with van der Waals surface area (Å²) in [6, 6.07) is 5.64. The lowest BCUT2D eigenvalue weighted by molar-refractivity contribution is -0.121. The van der Waals surface area contributed by atoms with Crippen molar-refractivity contribution in [2.24, 2.45) is 0 Å². The number of pyridine rings is 1. The molecule has 2 unspecified atom stereocenters. The number of carbonyl (C=O) groups excluding carboxylic acids is 1. The topological polar surface area (TPSA) is 59.3 Å². The molecule has 1 amide bonds. The second-order valence-corrected chi connectivity index (χ2v) is 8.64. The molecule has 0 saturated carbocycles. The lowest BCUT2D eigenvalue weighted by atomic mass is 10.1. The van der Waals surface area contributed by atoms with Crippen molar-refractivity contribution < 1.29 is 4.79 Å². The van der Waals surface area contributed by atoms with E-state index in [1.54, 1.807) is 0 Å². The van der Waals surface area contributed by atoms with E-state index in [9.17, 15) is 4.79 Å². The monoisotopic (exact) mass is 350 g/mol. The Morgan fingerprint density at radius 1 is 1.43 bits per heavy atom. The number of carbonyl (C=O) groups is 1. The molecule has 1 N–H and O–H groups in total. The Labute approximate surface area is 144 Å². The summed E-state index contributed by atoms with van der Waals surface area (Å²) in [5.74, 6) is 2.14. The maximum atomic E-state index is 12.1. The summed E-state index contributed by atoms with van der Waals surface area (Å²) in [7, 11) is 3.99. The van der Waals surface area contributed by atoms with Crippen LogP contribution in [-0.2, 0) is 4.79 Å². The Kier molecular flexibility index (Phi) is 5.83. The minimum absolute atomic E-state index is 0.0960. The highest BCUT2D eigenvalue weighted by molar-refractivity contribution is 8.77. The minimum Gasteiger partial charge on any atom is -0.346 e. The van der Waals surface area contributed by atoms with E-state index in [1.807, 2.05) is 57.3 Å². The van der Waals surface area contributed by atoms with Crippen LogP contribution >= 0.6 is 21.6 Å². The van der Waals surface area contributed by atoms with E-state index in [0.717, 1.165) is 29.6 Å². The van der Waals surface area contributed by atoms with Gasteiger partial charge >= 0.3 is 0 Å². The van der Waals surface area contributed by atoms with Crippen LogP contribution in [0.25, 0.3) is 5.65 Å². The summed E-state index contributed by atoms with van der Waals surface area (Å²) in [4.78, 5) is 12.1. The molecule has 7 heteroatoms. The number of hydrogen-bond donors (Lipinski definition) is 1. The third-order valence-corrected chi connectivity index (χ3v) is 7.02. The molecule has 3 rings (SSSR count). The zero-order chi connectivity index (χ0) is 16.1. The number of nitrogens with one attached hydrogen (secondary N) is 1. The molecule has 0 spiro atoms. The van der Waals surface area contributed by atoms with Crippen molar-refractivity contribution in [2.45, 2.75) is 50.3 Å². The lowest BCUT2D eigenvalue weighted by Crippen LogP contribution is -2.27. The Morgan fingerprint density at radius 2 is 2.35 bits per heavy atom. The van der Waals surface area contributed by atoms with Crippen molar-refractivity contribution in [3.63, 3.8) is 0 Å². The van der Waals surface area contributed by atoms with Gasteiger partial charge in [-0.3, -0.25) is 9.20 Å². The molecule has 3 heterocycles. The molecule has 2 aromatic rings. The van der Waals surface area contributed by atoms with Gasteiger partial charge in [0.15, 0.2) is 11.5 Å². The van der Waals surface area contributed by atoms with E-state index in [-0.39, 0.29) is 11.9 Å². The normalized spacial score (nSPS) is 19.1. The predicted octanol–water partition coefficient (Wildman–Crippen LogP) is 3.62. The van der Waals surface area contributed by atoms with Crippen molar-refractivity contribution in [3.05, 3.63) is 30.2 Å². The molecule has 2 atom stereocenters. The highest BCUT2D eigenvalue weighted by atomic mass is 33.1. The van der Waals surface area contributed by atoms with Gasteiger partial charge in [-0.1, -0.05) is 34.1 Å². The average molecular weight is 351 g/mol. The molecular weight excluding hydrogens is 328 g/mol. The molecule has 5 nitrogen and oxygen atoms in total. The second kappa shape index (κ2) is 8.06. The SMILES string of the molecule is CC(NC(=O)CCCCC1CCSS1)c1nnc2ccccn12. The number of rotatable bonds is 7. The Balaban J connectivity index is 1.43. The van der Waals surface area contributed by atoms with Gasteiger partial charge < -0.3 is 5.32 Å². The van der Waals surface area contributed by atoms with Gasteiger partial charge in [0.1, 0.15) is 0 Å². The van der Waals surface area contributed by atoms with Crippen LogP contribution in [0.1, 0.15) is 50.9 Å². The van der Waals surface area contributed by atoms with E-state index in [2.05, 4.69) is 15.5 Å². The van der Waals surface area contributed by atoms with Gasteiger partial charge in [-0.05, 0) is 38.3 Å². The number of unbranched alkanes of at least 4 members (excludes halogenated alkanes) is 1. The molecule has 2 aromatic heterocycles. The summed E-state index contributed by atoms with van der Waals surface area (Å²) >= 11 is 0. The molecule has 0 aromatic carbocycles. The molecule has 23 heavy (non-hydrogen) atoms. The quantitative estimate of drug-likeness (QED) is 0.610. The van der Waals surface area contributed by atoms with E-state index in [1.165, 1.54) is 18.6 Å². The third kappa shape index (κ3) is 4.41. The van der Waals surface area contributed by atoms with Crippen LogP contribution in [0.15, 0.2) is 24.4 Å². The lowest BCUT2D eigenvalue weighted by Gasteiger charge is -2.12. The molecule has 124 valence electrons. The van der Waals surface area contributed by atoms with Crippen LogP contribution in [-0.4, -0.2) is 31.5 Å². The van der Waals surface area contributed by atoms with Gasteiger partial charge in [-0.15, -0.1) is 10.2 Å². The first-order valence-corrected chi connectivity index (χ1v) is 10.5. The fraction of sp³-hybridized carbons (Fsp3) is 0.562. The summed E-state index contributed by atoms with van der Waals surface area (Å²) < 4.78 is 1.92. The van der Waals surface area contributed by atoms with Crippen LogP contribution < -0.4 is 5.32 Å². The average Bonchev–Trinajstić information content (AvgIpc) is 3.21. The molecule has 1 aliphatic heterocycles. The van der Waals surface area contributed by atoms with Crippen LogP contribution in [0.3, 0.4) is 0 Å².